The number of hydrogen-bond donors (Lipinski definition) is 2. The van der Waals surface area contributed by atoms with Gasteiger partial charge in [-0.3, -0.25) is 0 Å². The van der Waals surface area contributed by atoms with Crippen LogP contribution in [0.2, 0.25) is 0 Å². The van der Waals surface area contributed by atoms with Gasteiger partial charge in [0.2, 0.25) is 0 Å². The number of rotatable bonds is 0. The van der Waals surface area contributed by atoms with Gasteiger partial charge >= 0.3 is 101 Å². The van der Waals surface area contributed by atoms with Crippen LogP contribution < -0.4 is 0 Å². The van der Waals surface area contributed by atoms with E-state index in [1.54, 1.807) is 0 Å². The Hall–Kier alpha value is 2.65. The van der Waals surface area contributed by atoms with E-state index >= 15 is 0 Å². The summed E-state index contributed by atoms with van der Waals surface area (Å²) in [6.07, 6.45) is -1.83. The van der Waals surface area contributed by atoms with Gasteiger partial charge in [-0.05, 0) is 0 Å². The number of carbonyl (C=O) groups is 1. The molecule has 0 atom stereocenters. The van der Waals surface area contributed by atoms with E-state index in [1.807, 2.05) is 0 Å². The maximum atomic E-state index is 8.56. The number of halogens is 3. The summed E-state index contributed by atoms with van der Waals surface area (Å²) in [4.78, 5) is 8.56. The molecule has 0 unspecified atom stereocenters. The Balaban J connectivity index is -0.0000000720. The fourth-order valence-electron chi connectivity index (χ4n) is 0. The zero-order chi connectivity index (χ0) is 7.15. The summed E-state index contributed by atoms with van der Waals surface area (Å²) >= 11 is -2.22. The third-order valence-electron chi connectivity index (χ3n) is 0. The van der Waals surface area contributed by atoms with Gasteiger partial charge in [0, 0.05) is 0 Å². The molecule has 50 valence electrons. The van der Waals surface area contributed by atoms with Gasteiger partial charge in [-0.2, -0.15) is 0 Å². The standard InChI is InChI=1S/CH2O3.3ClH.In.K.H/c2-1(3)4;;;;;;/h(H2,2,3,4);3*1H;;;/q;;;;+3;;/p-3. The molecule has 0 amide bonds. The molecular weight excluding hydrogens is 320 g/mol. The molecule has 0 aliphatic heterocycles. The second-order valence-electron chi connectivity index (χ2n) is 0.530. The first-order valence-corrected chi connectivity index (χ1v) is 13.8. The first-order chi connectivity index (χ1) is 3.46. The van der Waals surface area contributed by atoms with Crippen molar-refractivity contribution in [3.63, 3.8) is 0 Å². The van der Waals surface area contributed by atoms with Gasteiger partial charge in [0.15, 0.2) is 0 Å². The van der Waals surface area contributed by atoms with Crippen molar-refractivity contribution in [2.45, 2.75) is 0 Å². The quantitative estimate of drug-likeness (QED) is 0.660. The average Bonchev–Trinajstić information content (AvgIpc) is 1.25. The van der Waals surface area contributed by atoms with Crippen LogP contribution in [-0.2, 0) is 0 Å². The fraction of sp³-hybridized carbons (Fsp3) is 0. The Morgan fingerprint density at radius 2 is 1.22 bits per heavy atom. The van der Waals surface area contributed by atoms with Gasteiger partial charge in [-0.25, -0.2) is 4.79 Å². The van der Waals surface area contributed by atoms with E-state index in [-0.39, 0.29) is 51.4 Å². The molecule has 3 nitrogen and oxygen atoms in total. The van der Waals surface area contributed by atoms with E-state index in [1.165, 1.54) is 0 Å². The molecule has 0 aromatic rings. The van der Waals surface area contributed by atoms with Crippen LogP contribution in [0.4, 0.5) is 4.79 Å². The molecule has 0 fully saturated rings. The van der Waals surface area contributed by atoms with Gasteiger partial charge in [0.1, 0.15) is 0 Å². The van der Waals surface area contributed by atoms with Crippen molar-refractivity contribution in [3.8, 4) is 0 Å². The molecule has 9 heavy (non-hydrogen) atoms. The molecule has 0 bridgehead atoms. The normalized spacial score (nSPS) is 5.67. The van der Waals surface area contributed by atoms with E-state index in [0.717, 1.165) is 0 Å². The zero-order valence-corrected chi connectivity index (χ0v) is 9.08. The molecule has 0 saturated heterocycles. The Morgan fingerprint density at radius 1 is 1.22 bits per heavy atom. The van der Waals surface area contributed by atoms with Crippen LogP contribution in [0, 0.1) is 0 Å². The molecule has 0 rings (SSSR count). The summed E-state index contributed by atoms with van der Waals surface area (Å²) in [5.74, 6) is 0. The molecule has 0 spiro atoms. The molecule has 0 aliphatic carbocycles. The zero-order valence-electron chi connectivity index (χ0n) is 3.51. The minimum atomic E-state index is -2.22. The van der Waals surface area contributed by atoms with Crippen molar-refractivity contribution in [3.05, 3.63) is 0 Å². The van der Waals surface area contributed by atoms with Crippen molar-refractivity contribution >= 4 is 101 Å². The summed E-state index contributed by atoms with van der Waals surface area (Å²) < 4.78 is 0. The number of hydrogen-bond acceptors (Lipinski definition) is 1. The first-order valence-electron chi connectivity index (χ1n) is 1.31. The van der Waals surface area contributed by atoms with Gasteiger partial charge in [-0.1, -0.05) is 0 Å². The number of carboxylic acid groups (broad SMARTS) is 2. The Labute approximate surface area is 113 Å². The van der Waals surface area contributed by atoms with E-state index in [0.29, 0.717) is 0 Å². The predicted octanol–water partition coefficient (Wildman–Crippen LogP) is 1.26. The second-order valence-corrected chi connectivity index (χ2v) is 15.2. The Bertz CT molecular complexity index is 63.3. The van der Waals surface area contributed by atoms with Gasteiger partial charge in [0.25, 0.3) is 0 Å². The topological polar surface area (TPSA) is 57.5 Å². The van der Waals surface area contributed by atoms with Crippen molar-refractivity contribution in [1.29, 1.82) is 0 Å². The predicted molar refractivity (Wildman–Crippen MR) is 41.1 cm³/mol. The van der Waals surface area contributed by atoms with Crippen LogP contribution in [-0.4, -0.2) is 85.6 Å². The van der Waals surface area contributed by atoms with Gasteiger partial charge in [-0.15, -0.1) is 0 Å². The van der Waals surface area contributed by atoms with E-state index in [4.69, 9.17) is 40.7 Å². The third-order valence-corrected chi connectivity index (χ3v) is 0. The Kier molecular flexibility index (Phi) is 26.0. The monoisotopic (exact) mass is 322 g/mol. The molecule has 0 aliphatic rings. The Morgan fingerprint density at radius 3 is 1.22 bits per heavy atom. The molecule has 2 N–H and O–H groups in total. The van der Waals surface area contributed by atoms with Crippen LogP contribution in [0.15, 0.2) is 0 Å². The minimum absolute atomic E-state index is 0. The summed E-state index contributed by atoms with van der Waals surface area (Å²) in [5.41, 5.74) is 0. The third kappa shape index (κ3) is 114. The SMILES string of the molecule is O=C(O)O.[Cl][In]([Cl])[Cl].[KH]. The molecule has 0 aromatic carbocycles. The second kappa shape index (κ2) is 13.3. The van der Waals surface area contributed by atoms with Crippen LogP contribution >= 0.6 is 25.7 Å². The van der Waals surface area contributed by atoms with Crippen molar-refractivity contribution < 1.29 is 15.0 Å². The summed E-state index contributed by atoms with van der Waals surface area (Å²) in [7, 11) is 15.0. The average molecular weight is 323 g/mol. The van der Waals surface area contributed by atoms with Crippen molar-refractivity contribution in [2.24, 2.45) is 0 Å². The van der Waals surface area contributed by atoms with E-state index < -0.39 is 24.0 Å². The molecular formula is CH3Cl3InKO3. The summed E-state index contributed by atoms with van der Waals surface area (Å²) in [6, 6.07) is 0. The van der Waals surface area contributed by atoms with Gasteiger partial charge < -0.3 is 10.2 Å². The molecule has 0 saturated carbocycles. The van der Waals surface area contributed by atoms with Crippen LogP contribution in [0.1, 0.15) is 0 Å². The summed E-state index contributed by atoms with van der Waals surface area (Å²) in [6.45, 7) is 0. The molecule has 0 aromatic heterocycles. The van der Waals surface area contributed by atoms with Crippen LogP contribution in [0.3, 0.4) is 0 Å². The van der Waals surface area contributed by atoms with Gasteiger partial charge in [0.05, 0.1) is 0 Å². The van der Waals surface area contributed by atoms with Crippen molar-refractivity contribution in [1.82, 2.24) is 0 Å². The van der Waals surface area contributed by atoms with Crippen LogP contribution in [0.5, 0.6) is 0 Å². The maximum absolute atomic E-state index is 8.56. The van der Waals surface area contributed by atoms with Crippen LogP contribution in [0.25, 0.3) is 0 Å². The molecule has 0 radical (unpaired) electrons. The summed E-state index contributed by atoms with van der Waals surface area (Å²) in [5, 5.41) is 13.9. The van der Waals surface area contributed by atoms with E-state index in [2.05, 4.69) is 0 Å². The fourth-order valence-corrected chi connectivity index (χ4v) is 0. The first kappa shape index (κ1) is 17.7. The molecule has 8 heteroatoms. The molecule has 0 heterocycles. The van der Waals surface area contributed by atoms with E-state index in [9.17, 15) is 0 Å². The van der Waals surface area contributed by atoms with Crippen molar-refractivity contribution in [2.75, 3.05) is 0 Å².